The van der Waals surface area contributed by atoms with Crippen molar-refractivity contribution >= 4 is 5.91 Å². The molecule has 7 heteroatoms. The zero-order valence-electron chi connectivity index (χ0n) is 14.2. The van der Waals surface area contributed by atoms with Crippen molar-refractivity contribution in [1.82, 2.24) is 15.2 Å². The summed E-state index contributed by atoms with van der Waals surface area (Å²) in [6, 6.07) is 6.47. The van der Waals surface area contributed by atoms with E-state index >= 15 is 0 Å². The number of benzene rings is 1. The number of carbonyl (C=O) groups excluding carboxylic acids is 1. The minimum absolute atomic E-state index is 0.0412. The highest BCUT2D eigenvalue weighted by atomic mass is 19.1. The van der Waals surface area contributed by atoms with Crippen LogP contribution in [0.5, 0.6) is 5.75 Å². The Morgan fingerprint density at radius 2 is 2.32 bits per heavy atom. The van der Waals surface area contributed by atoms with Crippen LogP contribution in [0.1, 0.15) is 36.1 Å². The van der Waals surface area contributed by atoms with Crippen molar-refractivity contribution in [1.29, 1.82) is 0 Å². The van der Waals surface area contributed by atoms with Crippen LogP contribution < -0.4 is 10.1 Å². The van der Waals surface area contributed by atoms with Gasteiger partial charge in [-0.15, -0.1) is 0 Å². The lowest BCUT2D eigenvalue weighted by molar-refractivity contribution is 0.0936. The summed E-state index contributed by atoms with van der Waals surface area (Å²) >= 11 is 0. The third-order valence-corrected chi connectivity index (χ3v) is 4.38. The maximum absolute atomic E-state index is 13.5. The van der Waals surface area contributed by atoms with E-state index in [9.17, 15) is 9.18 Å². The first-order valence-corrected chi connectivity index (χ1v) is 8.51. The summed E-state index contributed by atoms with van der Waals surface area (Å²) in [6.45, 7) is 4.75. The molecule has 1 amide bonds. The number of oxazole rings is 1. The first-order valence-electron chi connectivity index (χ1n) is 8.51. The predicted octanol–water partition coefficient (Wildman–Crippen LogP) is 2.61. The van der Waals surface area contributed by atoms with Gasteiger partial charge in [-0.05, 0) is 38.1 Å². The number of halogens is 1. The Labute approximate surface area is 146 Å². The molecule has 1 aliphatic heterocycles. The lowest BCUT2D eigenvalue weighted by Gasteiger charge is -2.22. The van der Waals surface area contributed by atoms with Gasteiger partial charge in [0.1, 0.15) is 6.26 Å². The van der Waals surface area contributed by atoms with Crippen molar-refractivity contribution in [2.45, 2.75) is 32.4 Å². The number of amides is 1. The van der Waals surface area contributed by atoms with E-state index in [0.717, 1.165) is 25.9 Å². The minimum Gasteiger partial charge on any atom is -0.481 e. The van der Waals surface area contributed by atoms with Gasteiger partial charge in [0.25, 0.3) is 5.91 Å². The van der Waals surface area contributed by atoms with Gasteiger partial charge in [0.2, 0.25) is 5.89 Å². The second-order valence-corrected chi connectivity index (χ2v) is 5.98. The van der Waals surface area contributed by atoms with E-state index in [0.29, 0.717) is 12.6 Å². The Hall–Kier alpha value is -2.41. The van der Waals surface area contributed by atoms with Crippen molar-refractivity contribution in [2.24, 2.45) is 0 Å². The van der Waals surface area contributed by atoms with Crippen LogP contribution in [0.15, 0.2) is 34.9 Å². The van der Waals surface area contributed by atoms with E-state index in [2.05, 4.69) is 22.1 Å². The first-order chi connectivity index (χ1) is 12.2. The van der Waals surface area contributed by atoms with Crippen LogP contribution in [-0.2, 0) is 6.61 Å². The zero-order valence-corrected chi connectivity index (χ0v) is 14.2. The molecule has 0 aliphatic carbocycles. The van der Waals surface area contributed by atoms with E-state index in [1.54, 1.807) is 12.1 Å². The Bertz CT molecular complexity index is 719. The molecule has 0 radical (unpaired) electrons. The molecule has 25 heavy (non-hydrogen) atoms. The van der Waals surface area contributed by atoms with Gasteiger partial charge in [-0.3, -0.25) is 9.69 Å². The van der Waals surface area contributed by atoms with E-state index in [1.807, 2.05) is 0 Å². The molecule has 1 aliphatic rings. The summed E-state index contributed by atoms with van der Waals surface area (Å²) in [5.41, 5.74) is 0.202. The third-order valence-electron chi connectivity index (χ3n) is 4.38. The Balaban J connectivity index is 1.50. The maximum atomic E-state index is 13.5. The summed E-state index contributed by atoms with van der Waals surface area (Å²) in [5.74, 6) is -0.384. The number of carbonyl (C=O) groups is 1. The van der Waals surface area contributed by atoms with Crippen molar-refractivity contribution < 1.29 is 18.3 Å². The number of nitrogens with one attached hydrogen (secondary N) is 1. The van der Waals surface area contributed by atoms with Crippen molar-refractivity contribution in [3.05, 3.63) is 47.9 Å². The zero-order chi connectivity index (χ0) is 17.6. The highest BCUT2D eigenvalue weighted by Crippen LogP contribution is 2.17. The topological polar surface area (TPSA) is 67.6 Å². The first kappa shape index (κ1) is 17.4. The molecule has 1 saturated heterocycles. The van der Waals surface area contributed by atoms with Crippen molar-refractivity contribution in [2.75, 3.05) is 19.6 Å². The molecule has 0 bridgehead atoms. The van der Waals surface area contributed by atoms with Gasteiger partial charge < -0.3 is 14.5 Å². The highest BCUT2D eigenvalue weighted by molar-refractivity contribution is 5.91. The van der Waals surface area contributed by atoms with Crippen LogP contribution in [0.4, 0.5) is 4.39 Å². The van der Waals surface area contributed by atoms with Gasteiger partial charge in [0.15, 0.2) is 23.9 Å². The number of para-hydroxylation sites is 1. The second kappa shape index (κ2) is 8.11. The van der Waals surface area contributed by atoms with Gasteiger partial charge in [-0.2, -0.15) is 0 Å². The standard InChI is InChI=1S/C18H22FN3O3/c1-2-22-9-5-6-13(22)10-20-18(23)15-11-25-17(21-15)12-24-16-8-4-3-7-14(16)19/h3-4,7-8,11,13H,2,5-6,9-10,12H2,1H3,(H,20,23). The fourth-order valence-electron chi connectivity index (χ4n) is 3.03. The summed E-state index contributed by atoms with van der Waals surface area (Å²) < 4.78 is 24.0. The number of hydrogen-bond acceptors (Lipinski definition) is 5. The van der Waals surface area contributed by atoms with Gasteiger partial charge in [-0.25, -0.2) is 9.37 Å². The molecule has 3 rings (SSSR count). The molecule has 0 saturated carbocycles. The summed E-state index contributed by atoms with van der Waals surface area (Å²) in [4.78, 5) is 18.6. The maximum Gasteiger partial charge on any atom is 0.273 e. The number of aromatic nitrogens is 1. The second-order valence-electron chi connectivity index (χ2n) is 5.98. The molecule has 1 N–H and O–H groups in total. The SMILES string of the molecule is CCN1CCCC1CNC(=O)c1coc(COc2ccccc2F)n1. The normalized spacial score (nSPS) is 17.6. The van der Waals surface area contributed by atoms with Crippen molar-refractivity contribution in [3.8, 4) is 5.75 Å². The van der Waals surface area contributed by atoms with Crippen LogP contribution in [0.3, 0.4) is 0 Å². The van der Waals surface area contributed by atoms with Gasteiger partial charge in [0, 0.05) is 12.6 Å². The lowest BCUT2D eigenvalue weighted by atomic mass is 10.2. The van der Waals surface area contributed by atoms with Gasteiger partial charge in [-0.1, -0.05) is 19.1 Å². The van der Waals surface area contributed by atoms with Gasteiger partial charge in [0.05, 0.1) is 0 Å². The number of nitrogens with zero attached hydrogens (tertiary/aromatic N) is 2. The van der Waals surface area contributed by atoms with Gasteiger partial charge >= 0.3 is 0 Å². The Morgan fingerprint density at radius 3 is 3.12 bits per heavy atom. The molecule has 6 nitrogen and oxygen atoms in total. The fraction of sp³-hybridized carbons (Fsp3) is 0.444. The molecule has 1 aromatic carbocycles. The number of likely N-dealkylation sites (tertiary alicyclic amines) is 1. The monoisotopic (exact) mass is 347 g/mol. The smallest absolute Gasteiger partial charge is 0.273 e. The quantitative estimate of drug-likeness (QED) is 0.834. The molecule has 134 valence electrons. The summed E-state index contributed by atoms with van der Waals surface area (Å²) in [7, 11) is 0. The molecular formula is C18H22FN3O3. The largest absolute Gasteiger partial charge is 0.481 e. The van der Waals surface area contributed by atoms with Crippen LogP contribution in [0.25, 0.3) is 0 Å². The van der Waals surface area contributed by atoms with Crippen LogP contribution in [-0.4, -0.2) is 41.5 Å². The summed E-state index contributed by atoms with van der Waals surface area (Å²) in [5, 5.41) is 2.90. The van der Waals surface area contributed by atoms with Crippen LogP contribution in [0.2, 0.25) is 0 Å². The number of ether oxygens (including phenoxy) is 1. The molecule has 1 fully saturated rings. The molecular weight excluding hydrogens is 325 g/mol. The van der Waals surface area contributed by atoms with E-state index in [4.69, 9.17) is 9.15 Å². The molecule has 1 aromatic heterocycles. The predicted molar refractivity (Wildman–Crippen MR) is 89.8 cm³/mol. The Kier molecular flexibility index (Phi) is 5.65. The van der Waals surface area contributed by atoms with E-state index < -0.39 is 5.82 Å². The average molecular weight is 347 g/mol. The molecule has 1 unspecified atom stereocenters. The van der Waals surface area contributed by atoms with E-state index in [1.165, 1.54) is 18.4 Å². The van der Waals surface area contributed by atoms with E-state index in [-0.39, 0.29) is 29.8 Å². The number of rotatable bonds is 7. The highest BCUT2D eigenvalue weighted by Gasteiger charge is 2.24. The number of likely N-dealkylation sites (N-methyl/N-ethyl adjacent to an activating group) is 1. The molecule has 2 aromatic rings. The average Bonchev–Trinajstić information content (AvgIpc) is 3.28. The molecule has 0 spiro atoms. The number of hydrogen-bond donors (Lipinski definition) is 1. The fourth-order valence-corrected chi connectivity index (χ4v) is 3.03. The minimum atomic E-state index is -0.455. The van der Waals surface area contributed by atoms with Crippen LogP contribution >= 0.6 is 0 Å². The molecule has 1 atom stereocenters. The van der Waals surface area contributed by atoms with Crippen LogP contribution in [0, 0.1) is 5.82 Å². The van der Waals surface area contributed by atoms with Crippen molar-refractivity contribution in [3.63, 3.8) is 0 Å². The third kappa shape index (κ3) is 4.36. The molecule has 2 heterocycles. The summed E-state index contributed by atoms with van der Waals surface area (Å²) in [6.07, 6.45) is 3.55. The lowest BCUT2D eigenvalue weighted by Crippen LogP contribution is -2.40. The Morgan fingerprint density at radius 1 is 1.48 bits per heavy atom.